The van der Waals surface area contributed by atoms with Gasteiger partial charge in [0, 0.05) is 12.5 Å². The topological polar surface area (TPSA) is 25.2 Å². The first-order valence-corrected chi connectivity index (χ1v) is 5.63. The summed E-state index contributed by atoms with van der Waals surface area (Å²) >= 11 is 0. The molecule has 0 amide bonds. The molecule has 1 aliphatic rings. The summed E-state index contributed by atoms with van der Waals surface area (Å²) in [5.41, 5.74) is 0. The zero-order chi connectivity index (χ0) is 9.80. The van der Waals surface area contributed by atoms with Gasteiger partial charge < -0.3 is 9.73 Å². The molecule has 78 valence electrons. The van der Waals surface area contributed by atoms with E-state index in [0.717, 1.165) is 17.9 Å². The van der Waals surface area contributed by atoms with Gasteiger partial charge in [-0.15, -0.1) is 0 Å². The van der Waals surface area contributed by atoms with Gasteiger partial charge in [0.1, 0.15) is 11.5 Å². The molecule has 1 aliphatic heterocycles. The van der Waals surface area contributed by atoms with Crippen LogP contribution in [-0.2, 0) is 6.42 Å². The standard InChI is InChI=1S/C12H19NO/c1-10-5-7-12(14-10)8-6-11-4-2-3-9-13-11/h5,7,11,13H,2-4,6,8-9H2,1H3. The van der Waals surface area contributed by atoms with Crippen molar-refractivity contribution in [3.63, 3.8) is 0 Å². The molecular formula is C12H19NO. The van der Waals surface area contributed by atoms with Gasteiger partial charge in [-0.25, -0.2) is 0 Å². The number of hydrogen-bond acceptors (Lipinski definition) is 2. The van der Waals surface area contributed by atoms with Gasteiger partial charge in [0.15, 0.2) is 0 Å². The van der Waals surface area contributed by atoms with Gasteiger partial charge in [0.2, 0.25) is 0 Å². The molecule has 0 spiro atoms. The molecule has 0 bridgehead atoms. The molecule has 14 heavy (non-hydrogen) atoms. The molecule has 0 aromatic carbocycles. The Labute approximate surface area is 85.7 Å². The van der Waals surface area contributed by atoms with Crippen LogP contribution >= 0.6 is 0 Å². The number of furan rings is 1. The van der Waals surface area contributed by atoms with Gasteiger partial charge in [-0.1, -0.05) is 6.42 Å². The Morgan fingerprint density at radius 3 is 3.00 bits per heavy atom. The fourth-order valence-electron chi connectivity index (χ4n) is 2.11. The van der Waals surface area contributed by atoms with E-state index in [9.17, 15) is 0 Å². The third-order valence-electron chi connectivity index (χ3n) is 2.95. The van der Waals surface area contributed by atoms with Crippen molar-refractivity contribution in [1.29, 1.82) is 0 Å². The first-order chi connectivity index (χ1) is 6.84. The van der Waals surface area contributed by atoms with E-state index in [0.29, 0.717) is 6.04 Å². The predicted octanol–water partition coefficient (Wildman–Crippen LogP) is 2.66. The van der Waals surface area contributed by atoms with E-state index in [2.05, 4.69) is 11.4 Å². The highest BCUT2D eigenvalue weighted by Gasteiger charge is 2.12. The van der Waals surface area contributed by atoms with Crippen molar-refractivity contribution in [3.8, 4) is 0 Å². The lowest BCUT2D eigenvalue weighted by Crippen LogP contribution is -2.34. The molecule has 2 rings (SSSR count). The summed E-state index contributed by atoms with van der Waals surface area (Å²) in [6, 6.07) is 4.86. The number of aryl methyl sites for hydroxylation is 2. The highest BCUT2D eigenvalue weighted by Crippen LogP contribution is 2.14. The van der Waals surface area contributed by atoms with Crippen LogP contribution in [0.3, 0.4) is 0 Å². The van der Waals surface area contributed by atoms with Crippen molar-refractivity contribution in [3.05, 3.63) is 23.7 Å². The van der Waals surface area contributed by atoms with E-state index in [4.69, 9.17) is 4.42 Å². The molecule has 1 aromatic rings. The van der Waals surface area contributed by atoms with Gasteiger partial charge in [-0.05, 0) is 44.9 Å². The summed E-state index contributed by atoms with van der Waals surface area (Å²) in [7, 11) is 0. The molecule has 0 radical (unpaired) electrons. The second kappa shape index (κ2) is 4.65. The van der Waals surface area contributed by atoms with E-state index < -0.39 is 0 Å². The first-order valence-electron chi connectivity index (χ1n) is 5.63. The van der Waals surface area contributed by atoms with E-state index in [1.54, 1.807) is 0 Å². The lowest BCUT2D eigenvalue weighted by atomic mass is 10.00. The molecule has 0 aliphatic carbocycles. The van der Waals surface area contributed by atoms with Crippen LogP contribution in [0.1, 0.15) is 37.2 Å². The van der Waals surface area contributed by atoms with Crippen molar-refractivity contribution < 1.29 is 4.42 Å². The normalized spacial score (nSPS) is 22.5. The molecule has 0 saturated carbocycles. The summed E-state index contributed by atoms with van der Waals surface area (Å²) in [6.07, 6.45) is 6.35. The molecule has 2 heterocycles. The van der Waals surface area contributed by atoms with Gasteiger partial charge in [-0.2, -0.15) is 0 Å². The highest BCUT2D eigenvalue weighted by atomic mass is 16.3. The van der Waals surface area contributed by atoms with Crippen LogP contribution in [-0.4, -0.2) is 12.6 Å². The van der Waals surface area contributed by atoms with Crippen molar-refractivity contribution in [2.24, 2.45) is 0 Å². The van der Waals surface area contributed by atoms with Crippen molar-refractivity contribution in [2.75, 3.05) is 6.54 Å². The van der Waals surface area contributed by atoms with Crippen LogP contribution < -0.4 is 5.32 Å². The Kier molecular flexibility index (Phi) is 3.25. The zero-order valence-electron chi connectivity index (χ0n) is 8.88. The lowest BCUT2D eigenvalue weighted by molar-refractivity contribution is 0.369. The first kappa shape index (κ1) is 9.78. The number of rotatable bonds is 3. The molecule has 1 saturated heterocycles. The van der Waals surface area contributed by atoms with E-state index >= 15 is 0 Å². The maximum Gasteiger partial charge on any atom is 0.104 e. The largest absolute Gasteiger partial charge is 0.466 e. The Morgan fingerprint density at radius 1 is 1.43 bits per heavy atom. The predicted molar refractivity (Wildman–Crippen MR) is 57.4 cm³/mol. The quantitative estimate of drug-likeness (QED) is 0.798. The van der Waals surface area contributed by atoms with Crippen LogP contribution in [0.2, 0.25) is 0 Å². The Balaban J connectivity index is 1.76. The molecule has 1 fully saturated rings. The Hall–Kier alpha value is -0.760. The smallest absolute Gasteiger partial charge is 0.104 e. The summed E-state index contributed by atoms with van der Waals surface area (Å²) in [4.78, 5) is 0. The van der Waals surface area contributed by atoms with Crippen molar-refractivity contribution >= 4 is 0 Å². The molecule has 1 N–H and O–H groups in total. The minimum atomic E-state index is 0.717. The second-order valence-electron chi connectivity index (χ2n) is 4.20. The van der Waals surface area contributed by atoms with Crippen molar-refractivity contribution in [2.45, 2.75) is 45.1 Å². The molecule has 1 unspecified atom stereocenters. The lowest BCUT2D eigenvalue weighted by Gasteiger charge is -2.22. The highest BCUT2D eigenvalue weighted by molar-refractivity contribution is 5.05. The van der Waals surface area contributed by atoms with Gasteiger partial charge in [-0.3, -0.25) is 0 Å². The molecule has 2 heteroatoms. The number of piperidine rings is 1. The van der Waals surface area contributed by atoms with Gasteiger partial charge in [0.25, 0.3) is 0 Å². The summed E-state index contributed by atoms with van der Waals surface area (Å²) in [5, 5.41) is 3.55. The van der Waals surface area contributed by atoms with Crippen LogP contribution in [0, 0.1) is 6.92 Å². The minimum absolute atomic E-state index is 0.717. The molecule has 2 nitrogen and oxygen atoms in total. The maximum absolute atomic E-state index is 5.55. The minimum Gasteiger partial charge on any atom is -0.466 e. The Bertz CT molecular complexity index is 274. The fourth-order valence-corrected chi connectivity index (χ4v) is 2.11. The van der Waals surface area contributed by atoms with E-state index in [1.165, 1.54) is 32.2 Å². The molecule has 1 aromatic heterocycles. The summed E-state index contributed by atoms with van der Waals surface area (Å²) in [5.74, 6) is 2.16. The van der Waals surface area contributed by atoms with Crippen LogP contribution in [0.25, 0.3) is 0 Å². The zero-order valence-corrected chi connectivity index (χ0v) is 8.88. The average Bonchev–Trinajstić information content (AvgIpc) is 2.63. The maximum atomic E-state index is 5.55. The SMILES string of the molecule is Cc1ccc(CCC2CCCCN2)o1. The van der Waals surface area contributed by atoms with Crippen LogP contribution in [0.5, 0.6) is 0 Å². The third-order valence-corrected chi connectivity index (χ3v) is 2.95. The van der Waals surface area contributed by atoms with Gasteiger partial charge in [0.05, 0.1) is 0 Å². The van der Waals surface area contributed by atoms with E-state index in [1.807, 2.05) is 13.0 Å². The van der Waals surface area contributed by atoms with E-state index in [-0.39, 0.29) is 0 Å². The third kappa shape index (κ3) is 2.61. The average molecular weight is 193 g/mol. The number of hydrogen-bond donors (Lipinski definition) is 1. The number of nitrogens with one attached hydrogen (secondary N) is 1. The summed E-state index contributed by atoms with van der Waals surface area (Å²) in [6.45, 7) is 3.20. The molecular weight excluding hydrogens is 174 g/mol. The second-order valence-corrected chi connectivity index (χ2v) is 4.20. The summed E-state index contributed by atoms with van der Waals surface area (Å²) < 4.78 is 5.55. The Morgan fingerprint density at radius 2 is 2.36 bits per heavy atom. The van der Waals surface area contributed by atoms with Crippen molar-refractivity contribution in [1.82, 2.24) is 5.32 Å². The monoisotopic (exact) mass is 193 g/mol. The van der Waals surface area contributed by atoms with Gasteiger partial charge >= 0.3 is 0 Å². The fraction of sp³-hybridized carbons (Fsp3) is 0.667. The molecule has 1 atom stereocenters. The van der Waals surface area contributed by atoms with Crippen LogP contribution in [0.15, 0.2) is 16.5 Å². The van der Waals surface area contributed by atoms with Crippen LogP contribution in [0.4, 0.5) is 0 Å².